The van der Waals surface area contributed by atoms with E-state index >= 15 is 0 Å². The molecule has 0 radical (unpaired) electrons. The van der Waals surface area contributed by atoms with Gasteiger partial charge in [0.2, 0.25) is 5.79 Å². The predicted molar refractivity (Wildman–Crippen MR) is 100 cm³/mol. The number of methoxy groups -OCH3 is 1. The van der Waals surface area contributed by atoms with E-state index in [2.05, 4.69) is 6.07 Å². The number of aliphatic hydroxyl groups is 1. The summed E-state index contributed by atoms with van der Waals surface area (Å²) in [6.45, 7) is 1.30. The first-order valence-electron chi connectivity index (χ1n) is 10.4. The van der Waals surface area contributed by atoms with Gasteiger partial charge in [0.05, 0.1) is 20.3 Å². The first kappa shape index (κ1) is 18.3. The van der Waals surface area contributed by atoms with Gasteiger partial charge in [-0.15, -0.1) is 0 Å². The summed E-state index contributed by atoms with van der Waals surface area (Å²) >= 11 is 0. The molecule has 0 unspecified atom stereocenters. The summed E-state index contributed by atoms with van der Waals surface area (Å²) in [6, 6.07) is 6.11. The zero-order valence-electron chi connectivity index (χ0n) is 16.0. The van der Waals surface area contributed by atoms with Crippen molar-refractivity contribution in [3.8, 4) is 5.75 Å². The lowest BCUT2D eigenvalue weighted by Gasteiger charge is -2.58. The summed E-state index contributed by atoms with van der Waals surface area (Å²) in [7, 11) is 1.68. The van der Waals surface area contributed by atoms with Crippen molar-refractivity contribution in [2.24, 2.45) is 0 Å². The van der Waals surface area contributed by atoms with Crippen LogP contribution in [0.1, 0.15) is 81.3 Å². The number of rotatable bonds is 1. The molecule has 1 N–H and O–H groups in total. The number of hydrogen-bond acceptors (Lipinski definition) is 4. The van der Waals surface area contributed by atoms with Gasteiger partial charge in [-0.05, 0) is 30.9 Å². The molecule has 0 aromatic heterocycles. The third-order valence-electron chi connectivity index (χ3n) is 6.58. The second-order valence-corrected chi connectivity index (χ2v) is 8.06. The normalized spacial score (nSPS) is 31.7. The van der Waals surface area contributed by atoms with Crippen LogP contribution in [0.2, 0.25) is 0 Å². The molecule has 3 aliphatic rings. The lowest BCUT2D eigenvalue weighted by molar-refractivity contribution is -0.364. The zero-order chi connectivity index (χ0) is 18.0. The van der Waals surface area contributed by atoms with E-state index in [4.69, 9.17) is 14.2 Å². The monoisotopic (exact) mass is 360 g/mol. The van der Waals surface area contributed by atoms with Crippen LogP contribution in [0.3, 0.4) is 0 Å². The molecule has 1 saturated carbocycles. The average molecular weight is 360 g/mol. The lowest BCUT2D eigenvalue weighted by Crippen LogP contribution is -2.64. The van der Waals surface area contributed by atoms with Crippen molar-refractivity contribution in [1.82, 2.24) is 0 Å². The van der Waals surface area contributed by atoms with Crippen LogP contribution in [-0.4, -0.2) is 31.2 Å². The highest BCUT2D eigenvalue weighted by atomic mass is 16.7. The first-order chi connectivity index (χ1) is 12.7. The van der Waals surface area contributed by atoms with Crippen molar-refractivity contribution in [2.45, 2.75) is 81.5 Å². The van der Waals surface area contributed by atoms with Crippen LogP contribution in [0.4, 0.5) is 0 Å². The van der Waals surface area contributed by atoms with Crippen LogP contribution in [0.5, 0.6) is 5.75 Å². The fourth-order valence-corrected chi connectivity index (χ4v) is 5.28. The fraction of sp³-hybridized carbons (Fsp3) is 0.727. The van der Waals surface area contributed by atoms with Crippen molar-refractivity contribution in [3.63, 3.8) is 0 Å². The number of hydrogen-bond donors (Lipinski definition) is 1. The molecule has 144 valence electrons. The van der Waals surface area contributed by atoms with E-state index < -0.39 is 11.4 Å². The highest BCUT2D eigenvalue weighted by Gasteiger charge is 2.66. The summed E-state index contributed by atoms with van der Waals surface area (Å²) in [5.74, 6) is -0.118. The van der Waals surface area contributed by atoms with Gasteiger partial charge in [-0.3, -0.25) is 0 Å². The van der Waals surface area contributed by atoms with Crippen molar-refractivity contribution in [2.75, 3.05) is 20.3 Å². The van der Waals surface area contributed by atoms with Gasteiger partial charge in [0.15, 0.2) is 5.60 Å². The summed E-state index contributed by atoms with van der Waals surface area (Å²) in [5.41, 5.74) is 0.988. The molecule has 1 saturated heterocycles. The highest BCUT2D eigenvalue weighted by Crippen LogP contribution is 2.63. The number of ether oxygens (including phenoxy) is 3. The Labute approximate surface area is 156 Å². The minimum atomic E-state index is -1.12. The van der Waals surface area contributed by atoms with Gasteiger partial charge in [0.1, 0.15) is 5.75 Å². The Morgan fingerprint density at radius 2 is 1.65 bits per heavy atom. The smallest absolute Gasteiger partial charge is 0.202 e. The number of benzene rings is 1. The van der Waals surface area contributed by atoms with Crippen molar-refractivity contribution < 1.29 is 19.3 Å². The maximum Gasteiger partial charge on any atom is 0.202 e. The van der Waals surface area contributed by atoms with E-state index in [1.807, 2.05) is 12.1 Å². The van der Waals surface area contributed by atoms with E-state index in [9.17, 15) is 5.11 Å². The summed E-state index contributed by atoms with van der Waals surface area (Å²) in [6.07, 6.45) is 11.1. The van der Waals surface area contributed by atoms with Crippen LogP contribution >= 0.6 is 0 Å². The molecule has 0 amide bonds. The Hall–Kier alpha value is -1.10. The fourth-order valence-electron chi connectivity index (χ4n) is 5.28. The minimum Gasteiger partial charge on any atom is -0.496 e. The Morgan fingerprint density at radius 3 is 2.38 bits per heavy atom. The summed E-state index contributed by atoms with van der Waals surface area (Å²) < 4.78 is 18.2. The van der Waals surface area contributed by atoms with Crippen LogP contribution < -0.4 is 4.74 Å². The maximum absolute atomic E-state index is 12.1. The molecule has 26 heavy (non-hydrogen) atoms. The second-order valence-electron chi connectivity index (χ2n) is 8.06. The molecule has 1 heterocycles. The van der Waals surface area contributed by atoms with Gasteiger partial charge in [-0.2, -0.15) is 0 Å². The topological polar surface area (TPSA) is 47.9 Å². The molecule has 0 bridgehead atoms. The van der Waals surface area contributed by atoms with Gasteiger partial charge in [-0.25, -0.2) is 0 Å². The van der Waals surface area contributed by atoms with Gasteiger partial charge in [-0.1, -0.05) is 50.7 Å². The maximum atomic E-state index is 12.1. The van der Waals surface area contributed by atoms with Gasteiger partial charge in [0, 0.05) is 17.9 Å². The molecular weight excluding hydrogens is 328 g/mol. The van der Waals surface area contributed by atoms with Crippen molar-refractivity contribution in [3.05, 3.63) is 29.3 Å². The summed E-state index contributed by atoms with van der Waals surface area (Å²) in [5, 5.41) is 12.1. The van der Waals surface area contributed by atoms with E-state index in [1.165, 1.54) is 37.7 Å². The third-order valence-corrected chi connectivity index (χ3v) is 6.58. The Kier molecular flexibility index (Phi) is 5.27. The molecule has 4 nitrogen and oxygen atoms in total. The minimum absolute atomic E-state index is 0.0603. The van der Waals surface area contributed by atoms with Gasteiger partial charge < -0.3 is 19.3 Å². The first-order valence-corrected chi connectivity index (χ1v) is 10.4. The van der Waals surface area contributed by atoms with E-state index in [0.29, 0.717) is 13.2 Å². The van der Waals surface area contributed by atoms with Crippen molar-refractivity contribution >= 4 is 0 Å². The third kappa shape index (κ3) is 2.78. The van der Waals surface area contributed by atoms with E-state index in [0.717, 1.165) is 43.4 Å². The molecule has 4 rings (SSSR count). The Morgan fingerprint density at radius 1 is 0.962 bits per heavy atom. The summed E-state index contributed by atoms with van der Waals surface area (Å²) in [4.78, 5) is 0. The molecule has 1 aromatic carbocycles. The van der Waals surface area contributed by atoms with Crippen LogP contribution in [0.15, 0.2) is 18.2 Å². The second kappa shape index (κ2) is 7.49. The van der Waals surface area contributed by atoms with Crippen LogP contribution in [-0.2, 0) is 15.1 Å². The molecular formula is C22H32O4. The van der Waals surface area contributed by atoms with Crippen molar-refractivity contribution in [1.29, 1.82) is 0 Å². The standard InChI is InChI=1S/C22H32O4/c1-24-19-13-9-11-17-18-12-7-5-3-2-4-6-8-14-21(22(18,23)20(17)19)25-15-10-16-26-21/h9,11,13,18,23H,2-8,10,12,14-16H2,1H3/t18-,22-/m0/s1. The largest absolute Gasteiger partial charge is 0.496 e. The van der Waals surface area contributed by atoms with Crippen LogP contribution in [0, 0.1) is 0 Å². The molecule has 2 aliphatic carbocycles. The molecule has 1 aromatic rings. The highest BCUT2D eigenvalue weighted by molar-refractivity contribution is 5.57. The Balaban J connectivity index is 1.77. The number of fused-ring (bicyclic) bond motifs is 5. The zero-order valence-corrected chi connectivity index (χ0v) is 16.0. The van der Waals surface area contributed by atoms with Gasteiger partial charge >= 0.3 is 0 Å². The molecule has 2 atom stereocenters. The Bertz CT molecular complexity index is 623. The van der Waals surface area contributed by atoms with E-state index in [-0.39, 0.29) is 5.92 Å². The predicted octanol–water partition coefficient (Wildman–Crippen LogP) is 4.64. The molecule has 4 heteroatoms. The van der Waals surface area contributed by atoms with Crippen LogP contribution in [0.25, 0.3) is 0 Å². The molecule has 1 spiro atoms. The quantitative estimate of drug-likeness (QED) is 0.793. The van der Waals surface area contributed by atoms with Gasteiger partial charge in [0.25, 0.3) is 0 Å². The SMILES string of the molecule is COc1cccc2c1[C@@]1(O)[C@H]2CCCCCCCCCC12OCCCO2. The average Bonchev–Trinajstić information content (AvgIpc) is 2.68. The molecule has 2 fully saturated rings. The van der Waals surface area contributed by atoms with E-state index in [1.54, 1.807) is 7.11 Å². The molecule has 1 aliphatic heterocycles. The lowest BCUT2D eigenvalue weighted by atomic mass is 9.57.